The monoisotopic (exact) mass is 407 g/mol. The number of benzene rings is 2. The van der Waals surface area contributed by atoms with Gasteiger partial charge in [0, 0.05) is 29.5 Å². The van der Waals surface area contributed by atoms with Crippen molar-refractivity contribution in [2.45, 2.75) is 24.7 Å². The van der Waals surface area contributed by atoms with E-state index in [1.807, 2.05) is 19.1 Å². The molecule has 144 valence electrons. The van der Waals surface area contributed by atoms with E-state index in [-0.39, 0.29) is 17.3 Å². The van der Waals surface area contributed by atoms with Crippen molar-refractivity contribution in [3.63, 3.8) is 0 Å². The summed E-state index contributed by atoms with van der Waals surface area (Å²) in [5.74, 6) is -0.234. The second kappa shape index (κ2) is 8.29. The number of aryl methyl sites for hydroxylation is 1. The average molecular weight is 408 g/mol. The number of nitrogens with one attached hydrogen (secondary N) is 2. The number of nitrogens with zero attached hydrogens (tertiary/aromatic N) is 1. The molecule has 2 N–H and O–H groups in total. The second-order valence-corrected chi connectivity index (χ2v) is 8.85. The molecule has 2 aromatic carbocycles. The minimum atomic E-state index is -3.44. The van der Waals surface area contributed by atoms with E-state index in [0.29, 0.717) is 23.8 Å². The molecule has 0 atom stereocenters. The third kappa shape index (κ3) is 4.80. The molecule has 1 aliphatic heterocycles. The Kier molecular flexibility index (Phi) is 6.04. The van der Waals surface area contributed by atoms with Gasteiger partial charge in [-0.2, -0.15) is 4.31 Å². The highest BCUT2D eigenvalue weighted by Gasteiger charge is 2.26. The maximum absolute atomic E-state index is 12.5. The lowest BCUT2D eigenvalue weighted by molar-refractivity contribution is -0.114. The summed E-state index contributed by atoms with van der Waals surface area (Å²) in [4.78, 5) is 12.3. The van der Waals surface area contributed by atoms with Crippen LogP contribution in [0, 0.1) is 6.92 Å². The molecule has 0 unspecified atom stereocenters. The first-order chi connectivity index (χ1) is 12.9. The molecule has 0 spiro atoms. The normalized spacial score (nSPS) is 14.9. The maximum atomic E-state index is 12.5. The molecule has 2 aromatic rings. The topological polar surface area (TPSA) is 78.5 Å². The van der Waals surface area contributed by atoms with Gasteiger partial charge in [0.2, 0.25) is 15.9 Å². The van der Waals surface area contributed by atoms with E-state index in [1.54, 1.807) is 18.2 Å². The van der Waals surface area contributed by atoms with Gasteiger partial charge in [0.25, 0.3) is 0 Å². The molecule has 1 fully saturated rings. The Hall–Kier alpha value is -2.09. The summed E-state index contributed by atoms with van der Waals surface area (Å²) in [6.45, 7) is 3.12. The van der Waals surface area contributed by atoms with Crippen molar-refractivity contribution >= 4 is 38.9 Å². The van der Waals surface area contributed by atoms with Gasteiger partial charge in [-0.25, -0.2) is 8.42 Å². The van der Waals surface area contributed by atoms with E-state index in [4.69, 9.17) is 11.6 Å². The van der Waals surface area contributed by atoms with E-state index in [9.17, 15) is 13.2 Å². The minimum Gasteiger partial charge on any atom is -0.376 e. The number of sulfonamides is 1. The molecule has 0 saturated carbocycles. The second-order valence-electron chi connectivity index (χ2n) is 6.50. The zero-order valence-electron chi connectivity index (χ0n) is 15.0. The zero-order valence-corrected chi connectivity index (χ0v) is 16.6. The number of anilines is 2. The molecule has 0 radical (unpaired) electrons. The van der Waals surface area contributed by atoms with Gasteiger partial charge in [0.1, 0.15) is 0 Å². The fraction of sp³-hybridized carbons (Fsp3) is 0.316. The predicted molar refractivity (Wildman–Crippen MR) is 108 cm³/mol. The molecule has 3 rings (SSSR count). The van der Waals surface area contributed by atoms with Crippen LogP contribution in [-0.2, 0) is 14.8 Å². The molecule has 1 saturated heterocycles. The van der Waals surface area contributed by atoms with Gasteiger partial charge in [-0.15, -0.1) is 0 Å². The summed E-state index contributed by atoms with van der Waals surface area (Å²) < 4.78 is 26.5. The first-order valence-corrected chi connectivity index (χ1v) is 10.6. The molecule has 0 aromatic heterocycles. The lowest BCUT2D eigenvalue weighted by Crippen LogP contribution is -2.27. The first kappa shape index (κ1) is 19.7. The Balaban J connectivity index is 1.57. The Morgan fingerprint density at radius 2 is 1.70 bits per heavy atom. The predicted octanol–water partition coefficient (Wildman–Crippen LogP) is 3.48. The smallest absolute Gasteiger partial charge is 0.243 e. The lowest BCUT2D eigenvalue weighted by Gasteiger charge is -2.15. The average Bonchev–Trinajstić information content (AvgIpc) is 3.19. The van der Waals surface area contributed by atoms with Gasteiger partial charge >= 0.3 is 0 Å². The molecule has 0 aliphatic carbocycles. The highest BCUT2D eigenvalue weighted by molar-refractivity contribution is 7.89. The summed E-state index contributed by atoms with van der Waals surface area (Å²) in [5.41, 5.74) is 2.27. The van der Waals surface area contributed by atoms with Crippen LogP contribution in [0.2, 0.25) is 5.02 Å². The zero-order chi connectivity index (χ0) is 19.4. The van der Waals surface area contributed by atoms with Crippen LogP contribution in [0.1, 0.15) is 18.4 Å². The summed E-state index contributed by atoms with van der Waals surface area (Å²) >= 11 is 6.06. The highest BCUT2D eigenvalue weighted by Crippen LogP contribution is 2.22. The summed E-state index contributed by atoms with van der Waals surface area (Å²) in [6, 6.07) is 11.7. The van der Waals surface area contributed by atoms with E-state index >= 15 is 0 Å². The molecule has 1 amide bonds. The number of amides is 1. The number of rotatable bonds is 6. The fourth-order valence-corrected chi connectivity index (χ4v) is 4.58. The highest BCUT2D eigenvalue weighted by atomic mass is 35.5. The van der Waals surface area contributed by atoms with Crippen molar-refractivity contribution in [3.8, 4) is 0 Å². The van der Waals surface area contributed by atoms with Crippen LogP contribution in [0.4, 0.5) is 11.4 Å². The number of hydrogen-bond acceptors (Lipinski definition) is 4. The molecular formula is C19H22ClN3O3S. The van der Waals surface area contributed by atoms with Gasteiger partial charge in [0.05, 0.1) is 11.4 Å². The number of halogens is 1. The summed E-state index contributed by atoms with van der Waals surface area (Å²) in [6.07, 6.45) is 1.79. The van der Waals surface area contributed by atoms with Crippen molar-refractivity contribution in [1.29, 1.82) is 0 Å². The Morgan fingerprint density at radius 1 is 1.07 bits per heavy atom. The van der Waals surface area contributed by atoms with Gasteiger partial charge in [0.15, 0.2) is 0 Å². The summed E-state index contributed by atoms with van der Waals surface area (Å²) in [5, 5.41) is 6.38. The van der Waals surface area contributed by atoms with Gasteiger partial charge in [-0.05, 0) is 61.7 Å². The Bertz CT molecular complexity index is 924. The molecular weight excluding hydrogens is 386 g/mol. The van der Waals surface area contributed by atoms with Crippen LogP contribution in [0.25, 0.3) is 0 Å². The van der Waals surface area contributed by atoms with E-state index in [2.05, 4.69) is 10.6 Å². The van der Waals surface area contributed by atoms with Crippen LogP contribution in [-0.4, -0.2) is 38.3 Å². The summed E-state index contributed by atoms with van der Waals surface area (Å²) in [7, 11) is -3.44. The van der Waals surface area contributed by atoms with Crippen LogP contribution >= 0.6 is 11.6 Å². The van der Waals surface area contributed by atoms with Crippen LogP contribution in [0.5, 0.6) is 0 Å². The quantitative estimate of drug-likeness (QED) is 0.768. The van der Waals surface area contributed by atoms with Crippen molar-refractivity contribution in [3.05, 3.63) is 53.1 Å². The van der Waals surface area contributed by atoms with Gasteiger partial charge in [-0.1, -0.05) is 17.7 Å². The maximum Gasteiger partial charge on any atom is 0.243 e. The van der Waals surface area contributed by atoms with Crippen molar-refractivity contribution in [2.75, 3.05) is 30.3 Å². The number of hydrogen-bond donors (Lipinski definition) is 2. The third-order valence-corrected chi connectivity index (χ3v) is 6.79. The Labute approximate surface area is 164 Å². The third-order valence-electron chi connectivity index (χ3n) is 4.47. The molecule has 1 heterocycles. The largest absolute Gasteiger partial charge is 0.376 e. The lowest BCUT2D eigenvalue weighted by atomic mass is 10.2. The minimum absolute atomic E-state index is 0.0766. The van der Waals surface area contributed by atoms with E-state index < -0.39 is 10.0 Å². The molecule has 1 aliphatic rings. The van der Waals surface area contributed by atoms with Gasteiger partial charge < -0.3 is 10.6 Å². The van der Waals surface area contributed by atoms with Crippen molar-refractivity contribution in [2.24, 2.45) is 0 Å². The van der Waals surface area contributed by atoms with Crippen molar-refractivity contribution in [1.82, 2.24) is 4.31 Å². The van der Waals surface area contributed by atoms with E-state index in [1.165, 1.54) is 16.4 Å². The van der Waals surface area contributed by atoms with Crippen LogP contribution in [0.15, 0.2) is 47.4 Å². The van der Waals surface area contributed by atoms with Gasteiger partial charge in [-0.3, -0.25) is 4.79 Å². The fourth-order valence-electron chi connectivity index (χ4n) is 2.88. The molecule has 8 heteroatoms. The first-order valence-electron chi connectivity index (χ1n) is 8.76. The SMILES string of the molecule is Cc1ccc(NCC(=O)Nc2ccc(S(=O)(=O)N3CCCC3)cc2)cc1Cl. The molecule has 27 heavy (non-hydrogen) atoms. The number of carbonyl (C=O) groups excluding carboxylic acids is 1. The number of carbonyl (C=O) groups is 1. The van der Waals surface area contributed by atoms with Crippen LogP contribution in [0.3, 0.4) is 0 Å². The Morgan fingerprint density at radius 3 is 2.33 bits per heavy atom. The standard InChI is InChI=1S/C19H22ClN3O3S/c1-14-4-5-16(12-18(14)20)21-13-19(24)22-15-6-8-17(9-7-15)27(25,26)23-10-2-3-11-23/h4-9,12,21H,2-3,10-11,13H2,1H3,(H,22,24). The van der Waals surface area contributed by atoms with Crippen LogP contribution < -0.4 is 10.6 Å². The van der Waals surface area contributed by atoms with E-state index in [0.717, 1.165) is 24.1 Å². The molecule has 0 bridgehead atoms. The molecule has 6 nitrogen and oxygen atoms in total. The van der Waals surface area contributed by atoms with Crippen molar-refractivity contribution < 1.29 is 13.2 Å².